The monoisotopic (exact) mass is 282 g/mol. The smallest absolute Gasteiger partial charge is 0.239 e. The predicted octanol–water partition coefficient (Wildman–Crippen LogP) is 0.256. The lowest BCUT2D eigenvalue weighted by Crippen LogP contribution is -2.63. The van der Waals surface area contributed by atoms with Gasteiger partial charge in [0, 0.05) is 12.6 Å². The first-order chi connectivity index (χ1) is 9.53. The molecule has 0 radical (unpaired) electrons. The van der Waals surface area contributed by atoms with Crippen LogP contribution in [0, 0.1) is 5.92 Å². The summed E-state index contributed by atoms with van der Waals surface area (Å²) in [6.07, 6.45) is 4.61. The molecule has 2 rings (SSSR count). The van der Waals surface area contributed by atoms with E-state index in [1.165, 1.54) is 12.8 Å². The van der Waals surface area contributed by atoms with Crippen molar-refractivity contribution < 1.29 is 4.79 Å². The number of primary amides is 1. The van der Waals surface area contributed by atoms with Crippen molar-refractivity contribution in [3.63, 3.8) is 0 Å². The number of amides is 1. The second-order valence-corrected chi connectivity index (χ2v) is 6.44. The van der Waals surface area contributed by atoms with Crippen molar-refractivity contribution in [3.8, 4) is 0 Å². The van der Waals surface area contributed by atoms with Gasteiger partial charge >= 0.3 is 0 Å². The zero-order chi connectivity index (χ0) is 14.8. The second kappa shape index (κ2) is 6.41. The minimum absolute atomic E-state index is 0.194. The summed E-state index contributed by atoms with van der Waals surface area (Å²) in [5.41, 5.74) is 5.18. The summed E-state index contributed by atoms with van der Waals surface area (Å²) in [5, 5.41) is 3.24. The van der Waals surface area contributed by atoms with Gasteiger partial charge in [0.25, 0.3) is 0 Å². The van der Waals surface area contributed by atoms with E-state index in [2.05, 4.69) is 29.1 Å². The van der Waals surface area contributed by atoms with Crippen LogP contribution in [0.2, 0.25) is 0 Å². The van der Waals surface area contributed by atoms with Gasteiger partial charge in [-0.1, -0.05) is 6.92 Å². The molecule has 116 valence electrons. The molecule has 2 aliphatic rings. The normalized spacial score (nSPS) is 24.8. The van der Waals surface area contributed by atoms with Gasteiger partial charge in [-0.25, -0.2) is 0 Å². The van der Waals surface area contributed by atoms with Crippen molar-refractivity contribution in [3.05, 3.63) is 0 Å². The minimum atomic E-state index is -0.531. The molecule has 1 aliphatic heterocycles. The molecule has 1 saturated heterocycles. The highest BCUT2D eigenvalue weighted by Crippen LogP contribution is 2.40. The quantitative estimate of drug-likeness (QED) is 0.703. The summed E-state index contributed by atoms with van der Waals surface area (Å²) >= 11 is 0. The lowest BCUT2D eigenvalue weighted by atomic mass is 9.90. The number of rotatable bonds is 7. The first kappa shape index (κ1) is 15.7. The highest BCUT2D eigenvalue weighted by Gasteiger charge is 2.49. The fraction of sp³-hybridized carbons (Fsp3) is 0.933. The standard InChI is InChI=1S/C15H30N4O/c1-4-19-9-7-13(8-10-19)18(3)11-15(17-2,14(16)20)12-5-6-12/h12-13,17H,4-11H2,1-3H3,(H2,16,20). The Labute approximate surface area is 122 Å². The van der Waals surface area contributed by atoms with Gasteiger partial charge < -0.3 is 20.9 Å². The van der Waals surface area contributed by atoms with Crippen LogP contribution < -0.4 is 11.1 Å². The maximum Gasteiger partial charge on any atom is 0.239 e. The number of nitrogens with zero attached hydrogens (tertiary/aromatic N) is 2. The fourth-order valence-electron chi connectivity index (χ4n) is 3.59. The molecule has 1 amide bonds. The van der Waals surface area contributed by atoms with Crippen molar-refractivity contribution in [2.45, 2.75) is 44.2 Å². The number of nitrogens with one attached hydrogen (secondary N) is 1. The highest BCUT2D eigenvalue weighted by molar-refractivity contribution is 5.86. The molecule has 5 heteroatoms. The molecule has 1 saturated carbocycles. The van der Waals surface area contributed by atoms with E-state index in [0.29, 0.717) is 12.0 Å². The fourth-order valence-corrected chi connectivity index (χ4v) is 3.59. The van der Waals surface area contributed by atoms with Gasteiger partial charge in [-0.15, -0.1) is 0 Å². The van der Waals surface area contributed by atoms with Crippen molar-refractivity contribution in [2.75, 3.05) is 40.3 Å². The lowest BCUT2D eigenvalue weighted by Gasteiger charge is -2.41. The molecule has 0 aromatic rings. The Morgan fingerprint density at radius 3 is 2.35 bits per heavy atom. The number of carbonyl (C=O) groups excluding carboxylic acids is 1. The second-order valence-electron chi connectivity index (χ2n) is 6.44. The summed E-state index contributed by atoms with van der Waals surface area (Å²) in [6, 6.07) is 0.573. The van der Waals surface area contributed by atoms with Crippen LogP contribution >= 0.6 is 0 Å². The van der Waals surface area contributed by atoms with Gasteiger partial charge in [-0.2, -0.15) is 0 Å². The van der Waals surface area contributed by atoms with E-state index in [0.717, 1.165) is 39.0 Å². The van der Waals surface area contributed by atoms with E-state index in [9.17, 15) is 4.79 Å². The summed E-state index contributed by atoms with van der Waals surface area (Å²) in [6.45, 7) is 6.42. The van der Waals surface area contributed by atoms with E-state index in [1.54, 1.807) is 0 Å². The van der Waals surface area contributed by atoms with Crippen LogP contribution in [0.5, 0.6) is 0 Å². The van der Waals surface area contributed by atoms with Gasteiger partial charge in [0.1, 0.15) is 5.54 Å². The Morgan fingerprint density at radius 2 is 1.95 bits per heavy atom. The molecular weight excluding hydrogens is 252 g/mol. The van der Waals surface area contributed by atoms with E-state index in [-0.39, 0.29) is 5.91 Å². The summed E-state index contributed by atoms with van der Waals surface area (Å²) in [7, 11) is 4.01. The Bertz CT molecular complexity index is 337. The average molecular weight is 282 g/mol. The zero-order valence-electron chi connectivity index (χ0n) is 13.2. The molecular formula is C15H30N4O. The summed E-state index contributed by atoms with van der Waals surface area (Å²) < 4.78 is 0. The molecule has 20 heavy (non-hydrogen) atoms. The first-order valence-electron chi connectivity index (χ1n) is 7.95. The molecule has 0 spiro atoms. The van der Waals surface area contributed by atoms with E-state index >= 15 is 0 Å². The third-order valence-electron chi connectivity index (χ3n) is 5.29. The molecule has 0 bridgehead atoms. The van der Waals surface area contributed by atoms with Crippen LogP contribution in [-0.4, -0.2) is 67.6 Å². The van der Waals surface area contributed by atoms with Gasteiger partial charge in [0.15, 0.2) is 0 Å². The van der Waals surface area contributed by atoms with Crippen molar-refractivity contribution >= 4 is 5.91 Å². The number of carbonyl (C=O) groups is 1. The lowest BCUT2D eigenvalue weighted by molar-refractivity contribution is -0.126. The summed E-state index contributed by atoms with van der Waals surface area (Å²) in [5.74, 6) is 0.225. The van der Waals surface area contributed by atoms with Gasteiger partial charge in [-0.3, -0.25) is 4.79 Å². The molecule has 0 aromatic carbocycles. The number of hydrogen-bond donors (Lipinski definition) is 2. The van der Waals surface area contributed by atoms with Gasteiger partial charge in [-0.05, 0) is 65.3 Å². The van der Waals surface area contributed by atoms with Crippen LogP contribution in [0.25, 0.3) is 0 Å². The van der Waals surface area contributed by atoms with Crippen molar-refractivity contribution in [1.29, 1.82) is 0 Å². The molecule has 5 nitrogen and oxygen atoms in total. The Hall–Kier alpha value is -0.650. The third-order valence-corrected chi connectivity index (χ3v) is 5.29. The van der Waals surface area contributed by atoms with Crippen LogP contribution in [-0.2, 0) is 4.79 Å². The number of nitrogens with two attached hydrogens (primary N) is 1. The zero-order valence-corrected chi connectivity index (χ0v) is 13.2. The minimum Gasteiger partial charge on any atom is -0.368 e. The molecule has 1 unspecified atom stereocenters. The Morgan fingerprint density at radius 1 is 1.35 bits per heavy atom. The van der Waals surface area contributed by atoms with E-state index < -0.39 is 5.54 Å². The molecule has 3 N–H and O–H groups in total. The SMILES string of the molecule is CCN1CCC(N(C)CC(NC)(C(N)=O)C2CC2)CC1. The largest absolute Gasteiger partial charge is 0.368 e. The van der Waals surface area contributed by atoms with Gasteiger partial charge in [0.2, 0.25) is 5.91 Å². The predicted molar refractivity (Wildman–Crippen MR) is 81.5 cm³/mol. The van der Waals surface area contributed by atoms with E-state index in [1.807, 2.05) is 7.05 Å². The maximum atomic E-state index is 12.0. The van der Waals surface area contributed by atoms with Crippen LogP contribution in [0.15, 0.2) is 0 Å². The topological polar surface area (TPSA) is 61.6 Å². The molecule has 1 aliphatic carbocycles. The van der Waals surface area contributed by atoms with Crippen LogP contribution in [0.3, 0.4) is 0 Å². The van der Waals surface area contributed by atoms with Crippen LogP contribution in [0.4, 0.5) is 0 Å². The molecule has 2 fully saturated rings. The highest BCUT2D eigenvalue weighted by atomic mass is 16.1. The summed E-state index contributed by atoms with van der Waals surface area (Å²) in [4.78, 5) is 16.8. The molecule has 1 heterocycles. The van der Waals surface area contributed by atoms with E-state index in [4.69, 9.17) is 5.73 Å². The first-order valence-corrected chi connectivity index (χ1v) is 7.95. The number of piperidine rings is 1. The Kier molecular flexibility index (Phi) is 5.04. The van der Waals surface area contributed by atoms with Crippen molar-refractivity contribution in [1.82, 2.24) is 15.1 Å². The number of likely N-dealkylation sites (N-methyl/N-ethyl adjacent to an activating group) is 2. The molecule has 0 aromatic heterocycles. The third kappa shape index (κ3) is 3.15. The van der Waals surface area contributed by atoms with Gasteiger partial charge in [0.05, 0.1) is 0 Å². The maximum absolute atomic E-state index is 12.0. The molecule has 1 atom stereocenters. The Balaban J connectivity index is 1.95. The van der Waals surface area contributed by atoms with Crippen molar-refractivity contribution in [2.24, 2.45) is 11.7 Å². The van der Waals surface area contributed by atoms with Crippen LogP contribution in [0.1, 0.15) is 32.6 Å². The average Bonchev–Trinajstić information content (AvgIpc) is 3.29. The number of hydrogen-bond acceptors (Lipinski definition) is 4. The number of likely N-dealkylation sites (tertiary alicyclic amines) is 1.